The van der Waals surface area contributed by atoms with Crippen LogP contribution < -0.4 is 11.1 Å². The SMILES string of the molecule is CC(C)C(Nc1cc(C(F)(F)F)ncc1[N+](=O)[O-])C(N)=O. The minimum absolute atomic E-state index is 0.371. The third kappa shape index (κ3) is 4.04. The van der Waals surface area contributed by atoms with Gasteiger partial charge in [0.15, 0.2) is 0 Å². The van der Waals surface area contributed by atoms with E-state index in [0.717, 1.165) is 0 Å². The second-order valence-electron chi connectivity index (χ2n) is 4.61. The molecule has 1 rings (SSSR count). The maximum Gasteiger partial charge on any atom is 0.433 e. The van der Waals surface area contributed by atoms with Gasteiger partial charge in [0, 0.05) is 0 Å². The van der Waals surface area contributed by atoms with Gasteiger partial charge < -0.3 is 11.1 Å². The molecule has 0 aromatic carbocycles. The molecule has 0 aliphatic carbocycles. The Morgan fingerprint density at radius 1 is 1.48 bits per heavy atom. The number of amides is 1. The van der Waals surface area contributed by atoms with Gasteiger partial charge in [-0.05, 0) is 12.0 Å². The average Bonchev–Trinajstić information content (AvgIpc) is 2.33. The quantitative estimate of drug-likeness (QED) is 0.637. The molecule has 0 fully saturated rings. The van der Waals surface area contributed by atoms with Crippen molar-refractivity contribution in [3.05, 3.63) is 28.1 Å². The van der Waals surface area contributed by atoms with E-state index in [0.29, 0.717) is 12.3 Å². The highest BCUT2D eigenvalue weighted by molar-refractivity contribution is 5.84. The van der Waals surface area contributed by atoms with Gasteiger partial charge in [0.25, 0.3) is 0 Å². The van der Waals surface area contributed by atoms with E-state index in [1.807, 2.05) is 0 Å². The Balaban J connectivity index is 3.30. The van der Waals surface area contributed by atoms with E-state index in [4.69, 9.17) is 5.73 Å². The van der Waals surface area contributed by atoms with Crippen molar-refractivity contribution in [1.82, 2.24) is 4.98 Å². The molecule has 0 saturated heterocycles. The zero-order valence-corrected chi connectivity index (χ0v) is 11.1. The van der Waals surface area contributed by atoms with Crippen molar-refractivity contribution < 1.29 is 22.9 Å². The van der Waals surface area contributed by atoms with E-state index in [-0.39, 0.29) is 5.92 Å². The Morgan fingerprint density at radius 3 is 2.43 bits per heavy atom. The van der Waals surface area contributed by atoms with Crippen LogP contribution in [0.1, 0.15) is 19.5 Å². The standard InChI is InChI=1S/C11H13F3N4O3/c1-5(2)9(10(15)19)17-6-3-8(11(12,13)14)16-4-7(6)18(20)21/h3-5,9H,1-2H3,(H2,15,19)(H,16,17). The number of carbonyl (C=O) groups is 1. The summed E-state index contributed by atoms with van der Waals surface area (Å²) >= 11 is 0. The summed E-state index contributed by atoms with van der Waals surface area (Å²) in [5.41, 5.74) is 2.69. The first-order valence-corrected chi connectivity index (χ1v) is 5.81. The van der Waals surface area contributed by atoms with Gasteiger partial charge in [0.05, 0.1) is 4.92 Å². The zero-order valence-electron chi connectivity index (χ0n) is 11.1. The summed E-state index contributed by atoms with van der Waals surface area (Å²) in [6.45, 7) is 3.19. The number of nitrogens with one attached hydrogen (secondary N) is 1. The summed E-state index contributed by atoms with van der Waals surface area (Å²) in [6, 6.07) is -0.566. The van der Waals surface area contributed by atoms with Crippen LogP contribution in [0.15, 0.2) is 12.3 Å². The number of carbonyl (C=O) groups excluding carboxylic acids is 1. The van der Waals surface area contributed by atoms with Crippen LogP contribution in [0.25, 0.3) is 0 Å². The van der Waals surface area contributed by atoms with Crippen LogP contribution in [0.5, 0.6) is 0 Å². The summed E-state index contributed by atoms with van der Waals surface area (Å²) in [5, 5.41) is 13.2. The molecule has 0 bridgehead atoms. The number of nitrogens with zero attached hydrogens (tertiary/aromatic N) is 2. The maximum atomic E-state index is 12.6. The summed E-state index contributed by atoms with van der Waals surface area (Å²) < 4.78 is 37.8. The summed E-state index contributed by atoms with van der Waals surface area (Å²) in [5.74, 6) is -1.20. The van der Waals surface area contributed by atoms with Crippen LogP contribution in [0.4, 0.5) is 24.5 Å². The first-order valence-electron chi connectivity index (χ1n) is 5.81. The first-order chi connectivity index (χ1) is 9.54. The summed E-state index contributed by atoms with van der Waals surface area (Å²) in [6.07, 6.45) is -4.27. The Bertz CT molecular complexity index is 560. The predicted octanol–water partition coefficient (Wildman–Crippen LogP) is 1.93. The minimum Gasteiger partial charge on any atom is -0.368 e. The van der Waals surface area contributed by atoms with Gasteiger partial charge >= 0.3 is 11.9 Å². The third-order valence-corrected chi connectivity index (χ3v) is 2.65. The maximum absolute atomic E-state index is 12.6. The van der Waals surface area contributed by atoms with Crippen LogP contribution in [0.3, 0.4) is 0 Å². The number of nitrogens with two attached hydrogens (primary N) is 1. The molecule has 10 heteroatoms. The van der Waals surface area contributed by atoms with Gasteiger partial charge in [0.2, 0.25) is 5.91 Å². The first kappa shape index (κ1) is 16.7. The van der Waals surface area contributed by atoms with E-state index in [1.54, 1.807) is 13.8 Å². The Kier molecular flexibility index (Phi) is 4.71. The molecule has 1 amide bonds. The van der Waals surface area contributed by atoms with Crippen molar-refractivity contribution >= 4 is 17.3 Å². The predicted molar refractivity (Wildman–Crippen MR) is 67.3 cm³/mol. The van der Waals surface area contributed by atoms with Gasteiger partial charge in [-0.2, -0.15) is 13.2 Å². The van der Waals surface area contributed by atoms with E-state index >= 15 is 0 Å². The number of hydrogen-bond acceptors (Lipinski definition) is 5. The van der Waals surface area contributed by atoms with Crippen molar-refractivity contribution in [2.24, 2.45) is 11.7 Å². The Hall–Kier alpha value is -2.39. The van der Waals surface area contributed by atoms with E-state index in [9.17, 15) is 28.1 Å². The average molecular weight is 306 g/mol. The Morgan fingerprint density at radius 2 is 2.05 bits per heavy atom. The van der Waals surface area contributed by atoms with Crippen LogP contribution in [-0.2, 0) is 11.0 Å². The lowest BCUT2D eigenvalue weighted by molar-refractivity contribution is -0.384. The smallest absolute Gasteiger partial charge is 0.368 e. The molecule has 1 aromatic rings. The zero-order chi connectivity index (χ0) is 16.4. The lowest BCUT2D eigenvalue weighted by Crippen LogP contribution is -2.39. The van der Waals surface area contributed by atoms with Crippen molar-refractivity contribution in [3.63, 3.8) is 0 Å². The molecule has 0 spiro atoms. The molecule has 0 saturated carbocycles. The van der Waals surface area contributed by atoms with Crippen molar-refractivity contribution in [3.8, 4) is 0 Å². The molecule has 1 unspecified atom stereocenters. The number of aromatic nitrogens is 1. The molecule has 0 radical (unpaired) electrons. The van der Waals surface area contributed by atoms with E-state index < -0.39 is 40.1 Å². The fraction of sp³-hybridized carbons (Fsp3) is 0.455. The molecule has 0 aliphatic rings. The van der Waals surface area contributed by atoms with E-state index in [2.05, 4.69) is 10.3 Å². The molecule has 116 valence electrons. The lowest BCUT2D eigenvalue weighted by Gasteiger charge is -2.20. The van der Waals surface area contributed by atoms with Crippen LogP contribution in [0, 0.1) is 16.0 Å². The molecule has 21 heavy (non-hydrogen) atoms. The Labute approximate surface area is 117 Å². The molecule has 7 nitrogen and oxygen atoms in total. The summed E-state index contributed by atoms with van der Waals surface area (Å²) in [4.78, 5) is 24.2. The van der Waals surface area contributed by atoms with Gasteiger partial charge in [-0.15, -0.1) is 0 Å². The fourth-order valence-electron chi connectivity index (χ4n) is 1.60. The number of anilines is 1. The second-order valence-corrected chi connectivity index (χ2v) is 4.61. The number of nitro groups is 1. The summed E-state index contributed by atoms with van der Waals surface area (Å²) in [7, 11) is 0. The molecular formula is C11H13F3N4O3. The molecule has 3 N–H and O–H groups in total. The van der Waals surface area contributed by atoms with Crippen LogP contribution in [-0.4, -0.2) is 21.9 Å². The monoisotopic (exact) mass is 306 g/mol. The van der Waals surface area contributed by atoms with Crippen molar-refractivity contribution in [1.29, 1.82) is 0 Å². The van der Waals surface area contributed by atoms with E-state index in [1.165, 1.54) is 0 Å². The van der Waals surface area contributed by atoms with Crippen molar-refractivity contribution in [2.45, 2.75) is 26.1 Å². The fourth-order valence-corrected chi connectivity index (χ4v) is 1.60. The molecule has 0 aliphatic heterocycles. The minimum atomic E-state index is -4.76. The van der Waals surface area contributed by atoms with Crippen LogP contribution >= 0.6 is 0 Å². The number of primary amides is 1. The number of rotatable bonds is 5. The van der Waals surface area contributed by atoms with Gasteiger partial charge in [-0.3, -0.25) is 14.9 Å². The number of hydrogen-bond donors (Lipinski definition) is 2. The van der Waals surface area contributed by atoms with Crippen molar-refractivity contribution in [2.75, 3.05) is 5.32 Å². The highest BCUT2D eigenvalue weighted by Crippen LogP contribution is 2.33. The highest BCUT2D eigenvalue weighted by atomic mass is 19.4. The lowest BCUT2D eigenvalue weighted by atomic mass is 10.0. The van der Waals surface area contributed by atoms with Crippen LogP contribution in [0.2, 0.25) is 0 Å². The largest absolute Gasteiger partial charge is 0.433 e. The van der Waals surface area contributed by atoms with Gasteiger partial charge in [-0.25, -0.2) is 4.98 Å². The third-order valence-electron chi connectivity index (χ3n) is 2.65. The second kappa shape index (κ2) is 5.94. The number of alkyl halides is 3. The molecule has 1 heterocycles. The van der Waals surface area contributed by atoms with Gasteiger partial charge in [0.1, 0.15) is 23.6 Å². The molecule has 1 aromatic heterocycles. The highest BCUT2D eigenvalue weighted by Gasteiger charge is 2.35. The normalized spacial score (nSPS) is 13.0. The molecule has 1 atom stereocenters. The topological polar surface area (TPSA) is 111 Å². The van der Waals surface area contributed by atoms with Gasteiger partial charge in [-0.1, -0.05) is 13.8 Å². The molecular weight excluding hydrogens is 293 g/mol. The number of pyridine rings is 1. The number of halogens is 3.